The van der Waals surface area contributed by atoms with Gasteiger partial charge in [0.25, 0.3) is 5.91 Å². The molecular weight excluding hydrogens is 274 g/mol. The maximum atomic E-state index is 13.6. The van der Waals surface area contributed by atoms with E-state index in [9.17, 15) is 13.6 Å². The Hall–Kier alpha value is -1.60. The zero-order chi connectivity index (χ0) is 14.0. The summed E-state index contributed by atoms with van der Waals surface area (Å²) >= 11 is 4.80. The fraction of sp³-hybridized carbons (Fsp3) is 0.333. The molecule has 1 amide bonds. The van der Waals surface area contributed by atoms with Gasteiger partial charge in [-0.15, -0.1) is 0 Å². The summed E-state index contributed by atoms with van der Waals surface area (Å²) in [5.41, 5.74) is 5.15. The van der Waals surface area contributed by atoms with Crippen LogP contribution in [0.25, 0.3) is 0 Å². The molecule has 19 heavy (non-hydrogen) atoms. The number of morpholine rings is 1. The number of nitrogens with two attached hydrogens (primary N) is 1. The Bertz CT molecular complexity index is 524. The van der Waals surface area contributed by atoms with E-state index in [4.69, 9.17) is 22.7 Å². The van der Waals surface area contributed by atoms with Crippen LogP contribution >= 0.6 is 12.2 Å². The van der Waals surface area contributed by atoms with Gasteiger partial charge in [-0.2, -0.15) is 0 Å². The third-order valence-corrected chi connectivity index (χ3v) is 3.12. The van der Waals surface area contributed by atoms with Crippen LogP contribution in [0.5, 0.6) is 0 Å². The van der Waals surface area contributed by atoms with E-state index in [0.29, 0.717) is 0 Å². The molecule has 0 bridgehead atoms. The second kappa shape index (κ2) is 5.58. The Morgan fingerprint density at radius 2 is 2.21 bits per heavy atom. The molecule has 1 aliphatic rings. The van der Waals surface area contributed by atoms with Gasteiger partial charge < -0.3 is 15.4 Å². The summed E-state index contributed by atoms with van der Waals surface area (Å²) < 4.78 is 31.9. The van der Waals surface area contributed by atoms with Crippen LogP contribution in [0, 0.1) is 11.6 Å². The fourth-order valence-electron chi connectivity index (χ4n) is 1.85. The molecule has 1 fully saturated rings. The number of thiocarbonyl (C=S) groups is 1. The number of halogens is 2. The minimum absolute atomic E-state index is 0.136. The molecule has 0 aromatic heterocycles. The summed E-state index contributed by atoms with van der Waals surface area (Å²) in [5.74, 6) is -2.79. The summed E-state index contributed by atoms with van der Waals surface area (Å²) in [5, 5.41) is 0. The lowest BCUT2D eigenvalue weighted by Gasteiger charge is -2.32. The van der Waals surface area contributed by atoms with E-state index in [-0.39, 0.29) is 30.2 Å². The number of carbonyl (C=O) groups excluding carboxylic acids is 1. The van der Waals surface area contributed by atoms with Crippen LogP contribution in [-0.2, 0) is 4.74 Å². The minimum Gasteiger partial charge on any atom is -0.391 e. The van der Waals surface area contributed by atoms with E-state index >= 15 is 0 Å². The number of hydrogen-bond acceptors (Lipinski definition) is 3. The number of rotatable bonds is 2. The van der Waals surface area contributed by atoms with Gasteiger partial charge in [0.2, 0.25) is 0 Å². The van der Waals surface area contributed by atoms with E-state index < -0.39 is 23.6 Å². The number of benzene rings is 1. The van der Waals surface area contributed by atoms with E-state index in [1.54, 1.807) is 0 Å². The molecule has 0 aliphatic carbocycles. The highest BCUT2D eigenvalue weighted by Gasteiger charge is 2.28. The molecule has 1 aromatic rings. The predicted molar refractivity (Wildman–Crippen MR) is 68.8 cm³/mol. The van der Waals surface area contributed by atoms with Crippen LogP contribution < -0.4 is 5.73 Å². The van der Waals surface area contributed by atoms with E-state index in [0.717, 1.165) is 6.07 Å². The van der Waals surface area contributed by atoms with Crippen LogP contribution in [0.1, 0.15) is 10.4 Å². The normalized spacial score (nSPS) is 19.3. The average molecular weight is 286 g/mol. The van der Waals surface area contributed by atoms with Crippen molar-refractivity contribution in [3.05, 3.63) is 35.4 Å². The highest BCUT2D eigenvalue weighted by Crippen LogP contribution is 2.16. The van der Waals surface area contributed by atoms with Crippen molar-refractivity contribution >= 4 is 23.1 Å². The Morgan fingerprint density at radius 3 is 2.89 bits per heavy atom. The molecule has 2 N–H and O–H groups in total. The first-order valence-electron chi connectivity index (χ1n) is 5.65. The molecule has 0 spiro atoms. The first kappa shape index (κ1) is 13.8. The molecule has 0 saturated carbocycles. The number of nitrogens with zero attached hydrogens (tertiary/aromatic N) is 1. The SMILES string of the molecule is NC(=S)C1CN(C(=O)c2cccc(F)c2F)CCO1. The van der Waals surface area contributed by atoms with Crippen LogP contribution in [0.15, 0.2) is 18.2 Å². The van der Waals surface area contributed by atoms with Crippen molar-refractivity contribution in [1.29, 1.82) is 0 Å². The quantitative estimate of drug-likeness (QED) is 0.827. The van der Waals surface area contributed by atoms with Crippen LogP contribution in [-0.4, -0.2) is 41.6 Å². The van der Waals surface area contributed by atoms with Gasteiger partial charge in [-0.05, 0) is 12.1 Å². The smallest absolute Gasteiger partial charge is 0.257 e. The van der Waals surface area contributed by atoms with Crippen LogP contribution in [0.3, 0.4) is 0 Å². The van der Waals surface area contributed by atoms with Crippen molar-refractivity contribution in [2.24, 2.45) is 5.73 Å². The molecule has 1 unspecified atom stereocenters. The maximum Gasteiger partial charge on any atom is 0.257 e. The molecule has 4 nitrogen and oxygen atoms in total. The summed E-state index contributed by atoms with van der Waals surface area (Å²) in [6.45, 7) is 0.683. The van der Waals surface area contributed by atoms with Crippen molar-refractivity contribution in [3.63, 3.8) is 0 Å². The predicted octanol–water partition coefficient (Wildman–Crippen LogP) is 1.09. The Kier molecular flexibility index (Phi) is 4.06. The average Bonchev–Trinajstić information content (AvgIpc) is 2.41. The Labute approximate surface area is 114 Å². The molecule has 7 heteroatoms. The highest BCUT2D eigenvalue weighted by molar-refractivity contribution is 7.80. The first-order valence-corrected chi connectivity index (χ1v) is 6.05. The summed E-state index contributed by atoms with van der Waals surface area (Å²) in [6, 6.07) is 3.49. The molecule has 1 heterocycles. The van der Waals surface area contributed by atoms with E-state index in [2.05, 4.69) is 0 Å². The van der Waals surface area contributed by atoms with Gasteiger partial charge in [0, 0.05) is 6.54 Å². The molecule has 1 aliphatic heterocycles. The molecule has 0 radical (unpaired) electrons. The zero-order valence-corrected chi connectivity index (χ0v) is 10.8. The Morgan fingerprint density at radius 1 is 1.47 bits per heavy atom. The summed E-state index contributed by atoms with van der Waals surface area (Å²) in [6.07, 6.45) is -0.552. The third kappa shape index (κ3) is 2.87. The standard InChI is InChI=1S/C12H12F2N2O2S/c13-8-3-1-2-7(10(8)14)12(17)16-4-5-18-9(6-16)11(15)19/h1-3,9H,4-6H2,(H2,15,19). The summed E-state index contributed by atoms with van der Waals surface area (Å²) in [7, 11) is 0. The molecule has 1 saturated heterocycles. The van der Waals surface area contributed by atoms with E-state index in [1.807, 2.05) is 0 Å². The second-order valence-electron chi connectivity index (χ2n) is 4.11. The molecule has 2 rings (SSSR count). The van der Waals surface area contributed by atoms with Crippen LogP contribution in [0.4, 0.5) is 8.78 Å². The van der Waals surface area contributed by atoms with Gasteiger partial charge >= 0.3 is 0 Å². The van der Waals surface area contributed by atoms with Gasteiger partial charge in [-0.3, -0.25) is 4.79 Å². The maximum absolute atomic E-state index is 13.6. The fourth-order valence-corrected chi connectivity index (χ4v) is 1.99. The largest absolute Gasteiger partial charge is 0.391 e. The number of carbonyl (C=O) groups is 1. The van der Waals surface area contributed by atoms with Gasteiger partial charge in [0.05, 0.1) is 18.7 Å². The minimum atomic E-state index is -1.15. The van der Waals surface area contributed by atoms with Crippen molar-refractivity contribution in [1.82, 2.24) is 4.90 Å². The van der Waals surface area contributed by atoms with E-state index in [1.165, 1.54) is 17.0 Å². The number of hydrogen-bond donors (Lipinski definition) is 1. The van der Waals surface area contributed by atoms with Crippen molar-refractivity contribution in [2.45, 2.75) is 6.10 Å². The monoisotopic (exact) mass is 286 g/mol. The van der Waals surface area contributed by atoms with Crippen molar-refractivity contribution < 1.29 is 18.3 Å². The second-order valence-corrected chi connectivity index (χ2v) is 4.59. The Balaban J connectivity index is 2.19. The van der Waals surface area contributed by atoms with Crippen LogP contribution in [0.2, 0.25) is 0 Å². The third-order valence-electron chi connectivity index (χ3n) is 2.85. The number of ether oxygens (including phenoxy) is 1. The van der Waals surface area contributed by atoms with Gasteiger partial charge in [0.15, 0.2) is 11.6 Å². The summed E-state index contributed by atoms with van der Waals surface area (Å²) in [4.78, 5) is 13.6. The zero-order valence-electron chi connectivity index (χ0n) is 9.94. The van der Waals surface area contributed by atoms with Crippen molar-refractivity contribution in [2.75, 3.05) is 19.7 Å². The number of amides is 1. The highest BCUT2D eigenvalue weighted by atomic mass is 32.1. The molecule has 102 valence electrons. The molecule has 1 atom stereocenters. The lowest BCUT2D eigenvalue weighted by molar-refractivity contribution is 0.00852. The van der Waals surface area contributed by atoms with Gasteiger partial charge in [-0.25, -0.2) is 8.78 Å². The molecule has 1 aromatic carbocycles. The van der Waals surface area contributed by atoms with Gasteiger partial charge in [0.1, 0.15) is 11.1 Å². The van der Waals surface area contributed by atoms with Crippen molar-refractivity contribution in [3.8, 4) is 0 Å². The first-order chi connectivity index (χ1) is 9.00. The molecular formula is C12H12F2N2O2S. The lowest BCUT2D eigenvalue weighted by Crippen LogP contribution is -2.50. The lowest BCUT2D eigenvalue weighted by atomic mass is 10.1. The van der Waals surface area contributed by atoms with Gasteiger partial charge in [-0.1, -0.05) is 18.3 Å². The topological polar surface area (TPSA) is 55.6 Å².